The van der Waals surface area contributed by atoms with Crippen LogP contribution in [-0.2, 0) is 15.0 Å². The van der Waals surface area contributed by atoms with Gasteiger partial charge in [-0.05, 0) is 43.7 Å². The summed E-state index contributed by atoms with van der Waals surface area (Å²) in [5.74, 6) is 4.02. The normalized spacial score (nSPS) is 10.0. The standard InChI is InChI=1S/C25H22N4O6S/c1-17-8-10-35-23(17)25(33)28-21-5-2-4-18(13-21)6-7-19-12-20(15-27-14-19)24(32)29-36(34)11-3-9-26-16-22(30)31/h2,4-5,8,10-15,26H,3,9,16H2,1H3,(H,28,33)(H,30,31). The molecule has 0 bridgehead atoms. The largest absolute Gasteiger partial charge is 0.480 e. The van der Waals surface area contributed by atoms with Gasteiger partial charge in [-0.25, -0.2) is 4.21 Å². The molecule has 0 aliphatic heterocycles. The van der Waals surface area contributed by atoms with E-state index < -0.39 is 22.1 Å². The number of rotatable bonds is 8. The van der Waals surface area contributed by atoms with Crippen LogP contribution < -0.4 is 10.6 Å². The van der Waals surface area contributed by atoms with Gasteiger partial charge in [0, 0.05) is 46.7 Å². The maximum atomic E-state index is 12.3. The minimum Gasteiger partial charge on any atom is -0.480 e. The van der Waals surface area contributed by atoms with E-state index in [4.69, 9.17) is 9.52 Å². The highest BCUT2D eigenvalue weighted by Crippen LogP contribution is 2.15. The first-order valence-electron chi connectivity index (χ1n) is 10.7. The molecule has 3 rings (SSSR count). The number of aliphatic carboxylic acids is 1. The topological polar surface area (TPSA) is 151 Å². The average Bonchev–Trinajstić information content (AvgIpc) is 3.28. The molecule has 36 heavy (non-hydrogen) atoms. The Morgan fingerprint density at radius 2 is 1.97 bits per heavy atom. The summed E-state index contributed by atoms with van der Waals surface area (Å²) in [6, 6.07) is 10.1. The molecule has 2 amide bonds. The molecule has 11 heteroatoms. The highest BCUT2D eigenvalue weighted by Gasteiger charge is 2.12. The minimum absolute atomic E-state index is 0.127. The molecule has 0 saturated carbocycles. The zero-order chi connectivity index (χ0) is 25.9. The van der Waals surface area contributed by atoms with Crippen molar-refractivity contribution in [3.63, 3.8) is 0 Å². The van der Waals surface area contributed by atoms with Crippen LogP contribution >= 0.6 is 0 Å². The Balaban J connectivity index is 1.66. The fraction of sp³-hybridized carbons (Fsp3) is 0.160. The number of carbonyl (C=O) groups is 3. The molecule has 2 heterocycles. The molecule has 0 radical (unpaired) electrons. The summed E-state index contributed by atoms with van der Waals surface area (Å²) >= 11 is 0. The Morgan fingerprint density at radius 1 is 1.17 bits per heavy atom. The van der Waals surface area contributed by atoms with Crippen LogP contribution in [0.1, 0.15) is 44.0 Å². The summed E-state index contributed by atoms with van der Waals surface area (Å²) in [4.78, 5) is 39.1. The van der Waals surface area contributed by atoms with Gasteiger partial charge in [-0.1, -0.05) is 17.9 Å². The molecule has 10 nitrogen and oxygen atoms in total. The molecule has 3 N–H and O–H groups in total. The van der Waals surface area contributed by atoms with Crippen LogP contribution in [0.2, 0.25) is 0 Å². The van der Waals surface area contributed by atoms with Gasteiger partial charge in [0.2, 0.25) is 0 Å². The number of amides is 2. The second-order valence-electron chi connectivity index (χ2n) is 7.38. The second-order valence-corrected chi connectivity index (χ2v) is 8.45. The molecule has 0 spiro atoms. The van der Waals surface area contributed by atoms with E-state index in [-0.39, 0.29) is 30.2 Å². The van der Waals surface area contributed by atoms with E-state index in [2.05, 4.69) is 31.8 Å². The lowest BCUT2D eigenvalue weighted by Gasteiger charge is -2.04. The van der Waals surface area contributed by atoms with Gasteiger partial charge >= 0.3 is 5.97 Å². The maximum absolute atomic E-state index is 12.3. The van der Waals surface area contributed by atoms with E-state index in [1.807, 2.05) is 0 Å². The number of benzene rings is 1. The third-order valence-corrected chi connectivity index (χ3v) is 5.42. The minimum atomic E-state index is -1.87. The number of aryl methyl sites for hydroxylation is 1. The van der Waals surface area contributed by atoms with Crippen LogP contribution in [0, 0.1) is 18.8 Å². The van der Waals surface area contributed by atoms with E-state index in [0.29, 0.717) is 23.4 Å². The van der Waals surface area contributed by atoms with Crippen molar-refractivity contribution in [2.75, 3.05) is 18.4 Å². The van der Waals surface area contributed by atoms with Gasteiger partial charge in [0.1, 0.15) is 10.2 Å². The number of furan rings is 1. The number of hydrogen-bond acceptors (Lipinski definition) is 7. The van der Waals surface area contributed by atoms with Gasteiger partial charge in [-0.15, -0.1) is 4.36 Å². The lowest BCUT2D eigenvalue weighted by Crippen LogP contribution is -2.23. The predicted molar refractivity (Wildman–Crippen MR) is 134 cm³/mol. The third-order valence-electron chi connectivity index (χ3n) is 4.56. The fourth-order valence-electron chi connectivity index (χ4n) is 2.87. The molecule has 0 atom stereocenters. The molecule has 0 aliphatic carbocycles. The lowest BCUT2D eigenvalue weighted by molar-refractivity contribution is -0.135. The van der Waals surface area contributed by atoms with Gasteiger partial charge < -0.3 is 20.2 Å². The van der Waals surface area contributed by atoms with E-state index in [1.54, 1.807) is 37.3 Å². The number of carboxylic acids is 1. The lowest BCUT2D eigenvalue weighted by atomic mass is 10.1. The molecule has 184 valence electrons. The van der Waals surface area contributed by atoms with Gasteiger partial charge in [0.05, 0.1) is 18.4 Å². The maximum Gasteiger partial charge on any atom is 0.317 e. The molecule has 0 aliphatic rings. The van der Waals surface area contributed by atoms with Crippen molar-refractivity contribution in [3.05, 3.63) is 83.1 Å². The summed E-state index contributed by atoms with van der Waals surface area (Å²) in [6.45, 7) is 1.86. The van der Waals surface area contributed by atoms with Crippen molar-refractivity contribution in [2.24, 2.45) is 4.36 Å². The smallest absolute Gasteiger partial charge is 0.317 e. The molecule has 3 aromatic rings. The summed E-state index contributed by atoms with van der Waals surface area (Å²) in [7, 11) is -1.87. The summed E-state index contributed by atoms with van der Waals surface area (Å²) in [5.41, 5.74) is 2.47. The molecule has 0 fully saturated rings. The molecule has 2 aromatic heterocycles. The second kappa shape index (κ2) is 12.8. The van der Waals surface area contributed by atoms with Crippen LogP contribution in [0.3, 0.4) is 0 Å². The fourth-order valence-corrected chi connectivity index (χ4v) is 3.53. The van der Waals surface area contributed by atoms with Crippen molar-refractivity contribution in [3.8, 4) is 11.8 Å². The summed E-state index contributed by atoms with van der Waals surface area (Å²) in [5, 5.41) is 15.3. The molecular weight excluding hydrogens is 484 g/mol. The Morgan fingerprint density at radius 3 is 2.72 bits per heavy atom. The number of carboxylic acid groups (broad SMARTS) is 1. The van der Waals surface area contributed by atoms with E-state index in [1.165, 1.54) is 30.1 Å². The predicted octanol–water partition coefficient (Wildman–Crippen LogP) is 2.57. The number of aromatic nitrogens is 1. The monoisotopic (exact) mass is 506 g/mol. The van der Waals surface area contributed by atoms with E-state index in [9.17, 15) is 18.6 Å². The molecule has 1 aromatic carbocycles. The van der Waals surface area contributed by atoms with Gasteiger partial charge in [0.25, 0.3) is 11.8 Å². The van der Waals surface area contributed by atoms with Crippen molar-refractivity contribution < 1.29 is 28.1 Å². The van der Waals surface area contributed by atoms with Crippen LogP contribution in [0.4, 0.5) is 5.69 Å². The van der Waals surface area contributed by atoms with E-state index >= 15 is 0 Å². The quantitative estimate of drug-likeness (QED) is 0.240. The first kappa shape index (κ1) is 26.1. The first-order valence-corrected chi connectivity index (χ1v) is 11.8. The zero-order valence-electron chi connectivity index (χ0n) is 19.2. The van der Waals surface area contributed by atoms with Crippen molar-refractivity contribution in [1.82, 2.24) is 10.3 Å². The van der Waals surface area contributed by atoms with Crippen LogP contribution in [0.25, 0.3) is 0 Å². The number of nitrogens with one attached hydrogen (secondary N) is 2. The van der Waals surface area contributed by atoms with Crippen LogP contribution in [0.5, 0.6) is 0 Å². The van der Waals surface area contributed by atoms with Crippen molar-refractivity contribution in [1.29, 1.82) is 0 Å². The number of anilines is 1. The summed E-state index contributed by atoms with van der Waals surface area (Å²) < 4.78 is 20.8. The Hall–Kier alpha value is -4.53. The van der Waals surface area contributed by atoms with Crippen molar-refractivity contribution in [2.45, 2.75) is 13.3 Å². The first-order chi connectivity index (χ1) is 17.3. The summed E-state index contributed by atoms with van der Waals surface area (Å²) in [6.07, 6.45) is 4.51. The third kappa shape index (κ3) is 8.05. The highest BCUT2D eigenvalue weighted by molar-refractivity contribution is 7.74. The number of nitrogens with zero attached hydrogens (tertiary/aromatic N) is 2. The Kier molecular flexibility index (Phi) is 9.27. The SMILES string of the molecule is Cc1ccoc1C(=O)Nc1cccc(C#Cc2cncc(C(=O)N=S(=O)=CCCNCC(=O)O)c2)c1. The van der Waals surface area contributed by atoms with Crippen molar-refractivity contribution >= 4 is 39.0 Å². The molecule has 0 saturated heterocycles. The molecule has 0 unspecified atom stereocenters. The van der Waals surface area contributed by atoms with Gasteiger partial charge in [0.15, 0.2) is 5.76 Å². The average molecular weight is 507 g/mol. The van der Waals surface area contributed by atoms with E-state index in [0.717, 1.165) is 5.56 Å². The number of carbonyl (C=O) groups excluding carboxylic acids is 2. The number of pyridine rings is 1. The van der Waals surface area contributed by atoms with Gasteiger partial charge in [-0.3, -0.25) is 19.4 Å². The van der Waals surface area contributed by atoms with Crippen LogP contribution in [0.15, 0.2) is 63.8 Å². The van der Waals surface area contributed by atoms with Gasteiger partial charge in [-0.2, -0.15) is 0 Å². The van der Waals surface area contributed by atoms with Crippen LogP contribution in [-0.4, -0.2) is 50.5 Å². The highest BCUT2D eigenvalue weighted by atomic mass is 32.2. The Labute approximate surface area is 208 Å². The number of hydrogen-bond donors (Lipinski definition) is 3. The Bertz CT molecular complexity index is 1500. The molecular formula is C25H22N4O6S. The zero-order valence-corrected chi connectivity index (χ0v) is 20.0.